The topological polar surface area (TPSA) is 72.0 Å². The monoisotopic (exact) mass is 518 g/mol. The van der Waals surface area contributed by atoms with Gasteiger partial charge in [0, 0.05) is 76.3 Å². The van der Waals surface area contributed by atoms with E-state index >= 15 is 0 Å². The predicted molar refractivity (Wildman–Crippen MR) is 149 cm³/mol. The summed E-state index contributed by atoms with van der Waals surface area (Å²) in [4.78, 5) is 38.5. The van der Waals surface area contributed by atoms with Crippen LogP contribution in [0.4, 0.5) is 21.6 Å². The van der Waals surface area contributed by atoms with Crippen LogP contribution in [0.15, 0.2) is 48.5 Å². The van der Waals surface area contributed by atoms with Crippen LogP contribution in [0.5, 0.6) is 0 Å². The van der Waals surface area contributed by atoms with Crippen molar-refractivity contribution in [1.29, 1.82) is 0 Å². The number of amides is 2. The summed E-state index contributed by atoms with van der Waals surface area (Å²) >= 11 is 0. The fourth-order valence-corrected chi connectivity index (χ4v) is 5.16. The molecule has 8 nitrogen and oxygen atoms in total. The highest BCUT2D eigenvalue weighted by molar-refractivity contribution is 5.96. The van der Waals surface area contributed by atoms with E-state index in [4.69, 9.17) is 4.98 Å². The largest absolute Gasteiger partial charge is 0.366 e. The average Bonchev–Trinajstić information content (AvgIpc) is 2.93. The van der Waals surface area contributed by atoms with Crippen LogP contribution in [0.1, 0.15) is 18.4 Å². The summed E-state index contributed by atoms with van der Waals surface area (Å²) in [7, 11) is 2.14. The summed E-state index contributed by atoms with van der Waals surface area (Å²) in [5.74, 6) is 0.498. The molecule has 0 spiro atoms. The van der Waals surface area contributed by atoms with E-state index in [9.17, 15) is 14.0 Å². The molecule has 1 aromatic heterocycles. The Hall–Kier alpha value is -3.72. The SMILES string of the molecule is Cc1cc(N2CCN(C)CC2)nc2ccc(NC(=O)CCC(=O)N3CCN(c4ccccc4F)CC3)cc12. The molecule has 9 heteroatoms. The van der Waals surface area contributed by atoms with Crippen LogP contribution in [0.25, 0.3) is 10.9 Å². The Labute approximate surface area is 223 Å². The van der Waals surface area contributed by atoms with Crippen LogP contribution in [-0.2, 0) is 9.59 Å². The van der Waals surface area contributed by atoms with Gasteiger partial charge in [0.25, 0.3) is 0 Å². The lowest BCUT2D eigenvalue weighted by atomic mass is 10.1. The summed E-state index contributed by atoms with van der Waals surface area (Å²) in [6, 6.07) is 14.6. The van der Waals surface area contributed by atoms with Crippen molar-refractivity contribution in [3.8, 4) is 0 Å². The van der Waals surface area contributed by atoms with Crippen molar-refractivity contribution in [3.05, 3.63) is 59.9 Å². The van der Waals surface area contributed by atoms with Gasteiger partial charge in [0.05, 0.1) is 11.2 Å². The summed E-state index contributed by atoms with van der Waals surface area (Å²) in [6.45, 7) is 8.21. The number of likely N-dealkylation sites (N-methyl/N-ethyl adjacent to an activating group) is 1. The number of carbonyl (C=O) groups is 2. The lowest BCUT2D eigenvalue weighted by Gasteiger charge is -2.36. The zero-order valence-electron chi connectivity index (χ0n) is 22.1. The van der Waals surface area contributed by atoms with Gasteiger partial charge in [-0.1, -0.05) is 12.1 Å². The minimum atomic E-state index is -0.251. The lowest BCUT2D eigenvalue weighted by Crippen LogP contribution is -2.49. The zero-order valence-corrected chi connectivity index (χ0v) is 22.1. The van der Waals surface area contributed by atoms with Crippen molar-refractivity contribution in [1.82, 2.24) is 14.8 Å². The number of aryl methyl sites for hydroxylation is 1. The van der Waals surface area contributed by atoms with Gasteiger partial charge in [0.2, 0.25) is 11.8 Å². The van der Waals surface area contributed by atoms with Crippen LogP contribution < -0.4 is 15.1 Å². The second-order valence-corrected chi connectivity index (χ2v) is 10.2. The maximum atomic E-state index is 14.1. The number of nitrogens with zero attached hydrogens (tertiary/aromatic N) is 5. The summed E-state index contributed by atoms with van der Waals surface area (Å²) in [6.07, 6.45) is 0.262. The summed E-state index contributed by atoms with van der Waals surface area (Å²) in [5.41, 5.74) is 3.28. The van der Waals surface area contributed by atoms with Gasteiger partial charge < -0.3 is 24.9 Å². The number of para-hydroxylation sites is 1. The van der Waals surface area contributed by atoms with E-state index in [1.54, 1.807) is 17.0 Å². The quantitative estimate of drug-likeness (QED) is 0.539. The van der Waals surface area contributed by atoms with E-state index in [0.717, 1.165) is 48.5 Å². The Morgan fingerprint density at radius 1 is 0.895 bits per heavy atom. The van der Waals surface area contributed by atoms with Crippen molar-refractivity contribution < 1.29 is 14.0 Å². The van der Waals surface area contributed by atoms with Crippen molar-refractivity contribution in [2.45, 2.75) is 19.8 Å². The second-order valence-electron chi connectivity index (χ2n) is 10.2. The minimum absolute atomic E-state index is 0.0525. The predicted octanol–water partition coefficient (Wildman–Crippen LogP) is 3.50. The highest BCUT2D eigenvalue weighted by Crippen LogP contribution is 2.26. The first kappa shape index (κ1) is 25.9. The fraction of sp³-hybridized carbons (Fsp3) is 0.414. The molecule has 2 aliphatic heterocycles. The third-order valence-corrected chi connectivity index (χ3v) is 7.50. The van der Waals surface area contributed by atoms with Gasteiger partial charge in [-0.2, -0.15) is 0 Å². The van der Waals surface area contributed by atoms with E-state index in [-0.39, 0.29) is 30.5 Å². The van der Waals surface area contributed by atoms with Crippen molar-refractivity contribution in [2.24, 2.45) is 0 Å². The van der Waals surface area contributed by atoms with Gasteiger partial charge in [0.1, 0.15) is 11.6 Å². The van der Waals surface area contributed by atoms with E-state index in [2.05, 4.69) is 35.2 Å². The Bertz CT molecular complexity index is 1320. The molecule has 200 valence electrons. The second kappa shape index (κ2) is 11.3. The van der Waals surface area contributed by atoms with Crippen LogP contribution in [0.2, 0.25) is 0 Å². The highest BCUT2D eigenvalue weighted by atomic mass is 19.1. The number of nitrogens with one attached hydrogen (secondary N) is 1. The number of anilines is 3. The maximum Gasteiger partial charge on any atom is 0.224 e. The number of hydrogen-bond acceptors (Lipinski definition) is 6. The molecule has 2 fully saturated rings. The fourth-order valence-electron chi connectivity index (χ4n) is 5.16. The molecule has 2 aliphatic rings. The summed E-state index contributed by atoms with van der Waals surface area (Å²) in [5, 5.41) is 3.94. The number of hydrogen-bond donors (Lipinski definition) is 1. The first-order valence-corrected chi connectivity index (χ1v) is 13.3. The van der Waals surface area contributed by atoms with Crippen LogP contribution >= 0.6 is 0 Å². The van der Waals surface area contributed by atoms with Gasteiger partial charge in [0.15, 0.2) is 0 Å². The molecule has 2 saturated heterocycles. The average molecular weight is 519 g/mol. The lowest BCUT2D eigenvalue weighted by molar-refractivity contribution is -0.133. The Balaban J connectivity index is 1.13. The van der Waals surface area contributed by atoms with Gasteiger partial charge in [-0.25, -0.2) is 9.37 Å². The maximum absolute atomic E-state index is 14.1. The molecule has 3 heterocycles. The van der Waals surface area contributed by atoms with E-state index in [0.29, 0.717) is 37.6 Å². The molecule has 0 atom stereocenters. The van der Waals surface area contributed by atoms with Gasteiger partial charge in [-0.05, 0) is 55.9 Å². The first-order chi connectivity index (χ1) is 18.4. The van der Waals surface area contributed by atoms with Crippen molar-refractivity contribution in [2.75, 3.05) is 74.5 Å². The molecule has 5 rings (SSSR count). The number of halogens is 1. The van der Waals surface area contributed by atoms with Gasteiger partial charge in [-0.15, -0.1) is 0 Å². The number of pyridine rings is 1. The molecular formula is C29H35FN6O2. The molecule has 3 aromatic rings. The smallest absolute Gasteiger partial charge is 0.224 e. The molecule has 2 aromatic carbocycles. The highest BCUT2D eigenvalue weighted by Gasteiger charge is 2.23. The Kier molecular flexibility index (Phi) is 7.74. The zero-order chi connectivity index (χ0) is 26.6. The van der Waals surface area contributed by atoms with Gasteiger partial charge in [-0.3, -0.25) is 9.59 Å². The van der Waals surface area contributed by atoms with Gasteiger partial charge >= 0.3 is 0 Å². The standard InChI is InChI=1S/C29H35FN6O2/c1-21-19-27(35-13-11-33(2)12-14-35)32-25-8-7-22(20-23(21)25)31-28(37)9-10-29(38)36-17-15-34(16-18-36)26-6-4-3-5-24(26)30/h3-8,19-20H,9-18H2,1-2H3,(H,31,37). The molecule has 2 amide bonds. The molecular weight excluding hydrogens is 483 g/mol. The molecule has 1 N–H and O–H groups in total. The molecule has 0 saturated carbocycles. The molecule has 38 heavy (non-hydrogen) atoms. The Morgan fingerprint density at radius 3 is 2.34 bits per heavy atom. The Morgan fingerprint density at radius 2 is 1.61 bits per heavy atom. The number of benzene rings is 2. The number of carbonyl (C=O) groups excluding carboxylic acids is 2. The normalized spacial score (nSPS) is 16.7. The van der Waals surface area contributed by atoms with E-state index < -0.39 is 0 Å². The van der Waals surface area contributed by atoms with Crippen LogP contribution in [-0.4, -0.2) is 86.0 Å². The third kappa shape index (κ3) is 5.88. The van der Waals surface area contributed by atoms with Crippen molar-refractivity contribution >= 4 is 39.9 Å². The van der Waals surface area contributed by atoms with Crippen molar-refractivity contribution in [3.63, 3.8) is 0 Å². The van der Waals surface area contributed by atoms with Crippen LogP contribution in [0, 0.1) is 12.7 Å². The summed E-state index contributed by atoms with van der Waals surface area (Å²) < 4.78 is 14.1. The number of aromatic nitrogens is 1. The molecule has 0 unspecified atom stereocenters. The minimum Gasteiger partial charge on any atom is -0.366 e. The van der Waals surface area contributed by atoms with Crippen LogP contribution in [0.3, 0.4) is 0 Å². The first-order valence-electron chi connectivity index (χ1n) is 13.3. The third-order valence-electron chi connectivity index (χ3n) is 7.50. The molecule has 0 bridgehead atoms. The molecule has 0 radical (unpaired) electrons. The molecule has 0 aliphatic carbocycles. The number of rotatable bonds is 6. The van der Waals surface area contributed by atoms with E-state index in [1.165, 1.54) is 6.07 Å². The number of fused-ring (bicyclic) bond motifs is 1. The number of piperazine rings is 2. The van der Waals surface area contributed by atoms with E-state index in [1.807, 2.05) is 29.2 Å².